The zero-order chi connectivity index (χ0) is 18.8. The first-order valence-electron chi connectivity index (χ1n) is 8.96. The van der Waals surface area contributed by atoms with Gasteiger partial charge in [0.1, 0.15) is 10.7 Å². The van der Waals surface area contributed by atoms with Crippen LogP contribution < -0.4 is 9.80 Å². The molecule has 9 heteroatoms. The van der Waals surface area contributed by atoms with Gasteiger partial charge in [-0.15, -0.1) is 22.7 Å². The number of aromatic nitrogens is 5. The number of nitrogens with zero attached hydrogens (tertiary/aromatic N) is 7. The lowest BCUT2D eigenvalue weighted by Gasteiger charge is -2.34. The molecular formula is C19H17N7S2. The Morgan fingerprint density at radius 3 is 2.21 bits per heavy atom. The minimum absolute atomic E-state index is 0.749. The second-order valence-electron chi connectivity index (χ2n) is 6.27. The van der Waals surface area contributed by atoms with Gasteiger partial charge in [-0.05, 0) is 17.5 Å². The lowest BCUT2D eigenvalue weighted by molar-refractivity contribution is 0.628. The molecule has 5 heterocycles. The molecule has 4 aromatic heterocycles. The van der Waals surface area contributed by atoms with Gasteiger partial charge in [0.25, 0.3) is 0 Å². The molecule has 0 bridgehead atoms. The molecule has 140 valence electrons. The van der Waals surface area contributed by atoms with E-state index in [0.29, 0.717) is 0 Å². The smallest absolute Gasteiger partial charge is 0.226 e. The van der Waals surface area contributed by atoms with Crippen LogP contribution in [-0.2, 0) is 0 Å². The largest absolute Gasteiger partial charge is 0.337 e. The van der Waals surface area contributed by atoms with Gasteiger partial charge in [0.15, 0.2) is 0 Å². The van der Waals surface area contributed by atoms with Crippen LogP contribution in [0.3, 0.4) is 0 Å². The third-order valence-electron chi connectivity index (χ3n) is 4.60. The zero-order valence-corrected chi connectivity index (χ0v) is 16.6. The van der Waals surface area contributed by atoms with Gasteiger partial charge in [-0.2, -0.15) is 0 Å². The number of anilines is 2. The van der Waals surface area contributed by atoms with Crippen molar-refractivity contribution in [3.05, 3.63) is 53.7 Å². The standard InChI is InChI=1S/C19H17N7S2/c1-3-15(27-11-1)14-13-23-19(24-16(14)17-20-6-12-28-17)26-9-7-25(8-10-26)18-21-4-2-5-22-18/h1-6,11-13H,7-10H2. The average Bonchev–Trinajstić information content (AvgIpc) is 3.48. The Labute approximate surface area is 170 Å². The Balaban J connectivity index is 1.41. The maximum absolute atomic E-state index is 4.91. The molecule has 1 saturated heterocycles. The summed E-state index contributed by atoms with van der Waals surface area (Å²) in [5, 5.41) is 4.97. The molecule has 0 saturated carbocycles. The Morgan fingerprint density at radius 2 is 1.54 bits per heavy atom. The second kappa shape index (κ2) is 7.61. The highest BCUT2D eigenvalue weighted by Crippen LogP contribution is 2.34. The summed E-state index contributed by atoms with van der Waals surface area (Å²) in [5.74, 6) is 1.53. The molecule has 0 atom stereocenters. The summed E-state index contributed by atoms with van der Waals surface area (Å²) in [6, 6.07) is 5.98. The maximum atomic E-state index is 4.91. The summed E-state index contributed by atoms with van der Waals surface area (Å²) in [6.07, 6.45) is 7.30. The Hall–Kier alpha value is -2.91. The van der Waals surface area contributed by atoms with E-state index in [1.807, 2.05) is 29.9 Å². The van der Waals surface area contributed by atoms with Crippen molar-refractivity contribution in [2.45, 2.75) is 0 Å². The van der Waals surface area contributed by atoms with Crippen LogP contribution in [0.4, 0.5) is 11.9 Å². The minimum Gasteiger partial charge on any atom is -0.337 e. The van der Waals surface area contributed by atoms with Crippen molar-refractivity contribution < 1.29 is 0 Å². The Morgan fingerprint density at radius 1 is 0.750 bits per heavy atom. The molecule has 4 aromatic rings. The van der Waals surface area contributed by atoms with Gasteiger partial charge in [0, 0.05) is 66.8 Å². The van der Waals surface area contributed by atoms with Gasteiger partial charge >= 0.3 is 0 Å². The highest BCUT2D eigenvalue weighted by Gasteiger charge is 2.22. The topological polar surface area (TPSA) is 70.9 Å². The zero-order valence-electron chi connectivity index (χ0n) is 15.0. The third kappa shape index (κ3) is 3.34. The minimum atomic E-state index is 0.749. The highest BCUT2D eigenvalue weighted by atomic mass is 32.1. The summed E-state index contributed by atoms with van der Waals surface area (Å²) in [4.78, 5) is 28.3. The molecular weight excluding hydrogens is 390 g/mol. The van der Waals surface area contributed by atoms with E-state index >= 15 is 0 Å². The van der Waals surface area contributed by atoms with Gasteiger partial charge in [-0.3, -0.25) is 0 Å². The molecule has 1 aliphatic rings. The van der Waals surface area contributed by atoms with Gasteiger partial charge in [-0.1, -0.05) is 6.07 Å². The van der Waals surface area contributed by atoms with Crippen LogP contribution in [0.1, 0.15) is 0 Å². The molecule has 0 aromatic carbocycles. The van der Waals surface area contributed by atoms with Gasteiger partial charge in [0.05, 0.1) is 0 Å². The quantitative estimate of drug-likeness (QED) is 0.513. The predicted molar refractivity (Wildman–Crippen MR) is 113 cm³/mol. The molecule has 0 radical (unpaired) electrons. The van der Waals surface area contributed by atoms with Crippen molar-refractivity contribution in [2.75, 3.05) is 36.0 Å². The predicted octanol–water partition coefficient (Wildman–Crippen LogP) is 3.45. The van der Waals surface area contributed by atoms with Crippen molar-refractivity contribution in [1.29, 1.82) is 0 Å². The van der Waals surface area contributed by atoms with E-state index in [1.54, 1.807) is 35.1 Å². The van der Waals surface area contributed by atoms with E-state index in [4.69, 9.17) is 4.98 Å². The lowest BCUT2D eigenvalue weighted by atomic mass is 10.2. The monoisotopic (exact) mass is 407 g/mol. The van der Waals surface area contributed by atoms with Crippen molar-refractivity contribution in [3.63, 3.8) is 0 Å². The fourth-order valence-corrected chi connectivity index (χ4v) is 4.58. The number of hydrogen-bond acceptors (Lipinski definition) is 9. The van der Waals surface area contributed by atoms with Gasteiger partial charge in [-0.25, -0.2) is 24.9 Å². The first-order chi connectivity index (χ1) is 13.9. The normalized spacial score (nSPS) is 14.4. The molecule has 0 N–H and O–H groups in total. The lowest BCUT2D eigenvalue weighted by Crippen LogP contribution is -2.47. The summed E-state index contributed by atoms with van der Waals surface area (Å²) in [6.45, 7) is 3.33. The number of rotatable bonds is 4. The molecule has 1 fully saturated rings. The van der Waals surface area contributed by atoms with E-state index in [9.17, 15) is 0 Å². The second-order valence-corrected chi connectivity index (χ2v) is 8.11. The van der Waals surface area contributed by atoms with Gasteiger partial charge in [0.2, 0.25) is 11.9 Å². The van der Waals surface area contributed by atoms with Crippen LogP contribution in [0.25, 0.3) is 21.1 Å². The third-order valence-corrected chi connectivity index (χ3v) is 6.28. The number of thiophene rings is 1. The first-order valence-corrected chi connectivity index (χ1v) is 10.7. The molecule has 28 heavy (non-hydrogen) atoms. The Kier molecular flexibility index (Phi) is 4.67. The van der Waals surface area contributed by atoms with Crippen LogP contribution in [0.5, 0.6) is 0 Å². The van der Waals surface area contributed by atoms with Gasteiger partial charge < -0.3 is 9.80 Å². The number of piperazine rings is 1. The van der Waals surface area contributed by atoms with E-state index in [0.717, 1.165) is 59.2 Å². The van der Waals surface area contributed by atoms with Crippen LogP contribution in [-0.4, -0.2) is 51.1 Å². The fourth-order valence-electron chi connectivity index (χ4n) is 3.20. The maximum Gasteiger partial charge on any atom is 0.226 e. The molecule has 5 rings (SSSR count). The summed E-state index contributed by atoms with van der Waals surface area (Å²) >= 11 is 3.29. The van der Waals surface area contributed by atoms with E-state index in [2.05, 4.69) is 41.2 Å². The first kappa shape index (κ1) is 17.2. The van der Waals surface area contributed by atoms with Crippen LogP contribution >= 0.6 is 22.7 Å². The van der Waals surface area contributed by atoms with Crippen molar-refractivity contribution in [2.24, 2.45) is 0 Å². The summed E-state index contributed by atoms with van der Waals surface area (Å²) in [7, 11) is 0. The molecule has 7 nitrogen and oxygen atoms in total. The SMILES string of the molecule is c1cnc(N2CCN(c3ncc(-c4cccs4)c(-c4nccs4)n3)CC2)nc1. The van der Waals surface area contributed by atoms with E-state index in [-0.39, 0.29) is 0 Å². The molecule has 0 unspecified atom stereocenters. The average molecular weight is 408 g/mol. The number of thiazole rings is 1. The van der Waals surface area contributed by atoms with Crippen molar-refractivity contribution in [3.8, 4) is 21.1 Å². The van der Waals surface area contributed by atoms with E-state index < -0.39 is 0 Å². The highest BCUT2D eigenvalue weighted by molar-refractivity contribution is 7.14. The van der Waals surface area contributed by atoms with Crippen molar-refractivity contribution in [1.82, 2.24) is 24.9 Å². The van der Waals surface area contributed by atoms with Crippen LogP contribution in [0, 0.1) is 0 Å². The van der Waals surface area contributed by atoms with E-state index in [1.165, 1.54) is 0 Å². The van der Waals surface area contributed by atoms with Crippen LogP contribution in [0.2, 0.25) is 0 Å². The van der Waals surface area contributed by atoms with Crippen LogP contribution in [0.15, 0.2) is 53.7 Å². The van der Waals surface area contributed by atoms with Crippen molar-refractivity contribution >= 4 is 34.6 Å². The Bertz CT molecular complexity index is 1030. The fraction of sp³-hybridized carbons (Fsp3) is 0.211. The molecule has 0 amide bonds. The molecule has 0 spiro atoms. The molecule has 0 aliphatic carbocycles. The summed E-state index contributed by atoms with van der Waals surface area (Å²) in [5.41, 5.74) is 1.93. The number of hydrogen-bond donors (Lipinski definition) is 0. The molecule has 1 aliphatic heterocycles. The summed E-state index contributed by atoms with van der Waals surface area (Å²) < 4.78 is 0.